The second kappa shape index (κ2) is 6.95. The van der Waals surface area contributed by atoms with Crippen molar-refractivity contribution >= 4 is 35.1 Å². The van der Waals surface area contributed by atoms with Crippen molar-refractivity contribution in [2.24, 2.45) is 0 Å². The van der Waals surface area contributed by atoms with Crippen LogP contribution in [0.4, 0.5) is 0 Å². The van der Waals surface area contributed by atoms with E-state index in [2.05, 4.69) is 10.6 Å². The van der Waals surface area contributed by atoms with Crippen LogP contribution in [0.2, 0.25) is 0 Å². The van der Waals surface area contributed by atoms with Crippen LogP contribution in [-0.2, 0) is 9.53 Å². The fourth-order valence-corrected chi connectivity index (χ4v) is 2.94. The maximum Gasteiger partial charge on any atom is 0.337 e. The molecular weight excluding hydrogens is 304 g/mol. The zero-order valence-corrected chi connectivity index (χ0v) is 13.9. The molecule has 1 aliphatic heterocycles. The molecule has 1 atom stereocenters. The van der Waals surface area contributed by atoms with Crippen LogP contribution < -0.4 is 10.6 Å². The Balaban J connectivity index is 2.46. The van der Waals surface area contributed by atoms with Crippen molar-refractivity contribution in [2.75, 3.05) is 13.4 Å². The van der Waals surface area contributed by atoms with Crippen LogP contribution in [0.5, 0.6) is 0 Å². The van der Waals surface area contributed by atoms with E-state index in [0.29, 0.717) is 17.1 Å². The number of nitrogens with one attached hydrogen (secondary N) is 2. The third-order valence-electron chi connectivity index (χ3n) is 3.36. The first-order valence-electron chi connectivity index (χ1n) is 6.63. The maximum absolute atomic E-state index is 12.1. The number of carbonyl (C=O) groups excluding carboxylic acids is 1. The SMILES string of the molecule is CCC1=C(C(=O)OC)[C@@H](c2ccc(SC)cc2)NC(=S)N1. The summed E-state index contributed by atoms with van der Waals surface area (Å²) in [5.74, 6) is -0.340. The molecule has 1 heterocycles. The van der Waals surface area contributed by atoms with E-state index in [1.807, 2.05) is 37.4 Å². The molecule has 112 valence electrons. The fraction of sp³-hybridized carbons (Fsp3) is 0.333. The van der Waals surface area contributed by atoms with Crippen molar-refractivity contribution in [2.45, 2.75) is 24.3 Å². The predicted molar refractivity (Wildman–Crippen MR) is 89.2 cm³/mol. The highest BCUT2D eigenvalue weighted by Gasteiger charge is 2.31. The van der Waals surface area contributed by atoms with Crippen LogP contribution in [0.3, 0.4) is 0 Å². The molecule has 4 nitrogen and oxygen atoms in total. The highest BCUT2D eigenvalue weighted by Crippen LogP contribution is 2.29. The maximum atomic E-state index is 12.1. The van der Waals surface area contributed by atoms with Crippen molar-refractivity contribution in [1.82, 2.24) is 10.6 Å². The average molecular weight is 322 g/mol. The molecule has 0 radical (unpaired) electrons. The van der Waals surface area contributed by atoms with E-state index in [0.717, 1.165) is 11.3 Å². The lowest BCUT2D eigenvalue weighted by Gasteiger charge is -2.30. The first kappa shape index (κ1) is 15.9. The summed E-state index contributed by atoms with van der Waals surface area (Å²) in [4.78, 5) is 13.3. The van der Waals surface area contributed by atoms with Crippen LogP contribution in [-0.4, -0.2) is 24.4 Å². The predicted octanol–water partition coefficient (Wildman–Crippen LogP) is 2.76. The highest BCUT2D eigenvalue weighted by molar-refractivity contribution is 7.98. The number of carbonyl (C=O) groups is 1. The summed E-state index contributed by atoms with van der Waals surface area (Å²) >= 11 is 6.92. The lowest BCUT2D eigenvalue weighted by atomic mass is 9.94. The van der Waals surface area contributed by atoms with E-state index >= 15 is 0 Å². The molecule has 0 spiro atoms. The quantitative estimate of drug-likeness (QED) is 0.505. The molecule has 0 aliphatic carbocycles. The van der Waals surface area contributed by atoms with Gasteiger partial charge in [-0.05, 0) is 42.6 Å². The van der Waals surface area contributed by atoms with Gasteiger partial charge in [0.2, 0.25) is 0 Å². The first-order valence-corrected chi connectivity index (χ1v) is 8.26. The van der Waals surface area contributed by atoms with E-state index in [1.54, 1.807) is 11.8 Å². The van der Waals surface area contributed by atoms with Gasteiger partial charge in [0.15, 0.2) is 5.11 Å². The minimum absolute atomic E-state index is 0.281. The van der Waals surface area contributed by atoms with Gasteiger partial charge in [-0.2, -0.15) is 0 Å². The Morgan fingerprint density at radius 1 is 1.38 bits per heavy atom. The Morgan fingerprint density at radius 3 is 2.57 bits per heavy atom. The number of methoxy groups -OCH3 is 1. The van der Waals surface area contributed by atoms with Gasteiger partial charge in [-0.15, -0.1) is 11.8 Å². The van der Waals surface area contributed by atoms with E-state index in [1.165, 1.54) is 12.0 Å². The largest absolute Gasteiger partial charge is 0.466 e. The number of rotatable bonds is 4. The Hall–Kier alpha value is -1.53. The Bertz CT molecular complexity index is 582. The van der Waals surface area contributed by atoms with E-state index in [9.17, 15) is 4.79 Å². The number of allylic oxidation sites excluding steroid dienone is 1. The number of hydrogen-bond donors (Lipinski definition) is 2. The van der Waals surface area contributed by atoms with Crippen molar-refractivity contribution in [3.63, 3.8) is 0 Å². The summed E-state index contributed by atoms with van der Waals surface area (Å²) in [5.41, 5.74) is 2.39. The molecule has 1 aromatic carbocycles. The Morgan fingerprint density at radius 2 is 2.05 bits per heavy atom. The van der Waals surface area contributed by atoms with Gasteiger partial charge < -0.3 is 15.4 Å². The molecule has 0 amide bonds. The topological polar surface area (TPSA) is 50.4 Å². The van der Waals surface area contributed by atoms with Crippen LogP contribution >= 0.6 is 24.0 Å². The van der Waals surface area contributed by atoms with E-state index < -0.39 is 0 Å². The molecule has 1 aliphatic rings. The van der Waals surface area contributed by atoms with Crippen LogP contribution in [0, 0.1) is 0 Å². The first-order chi connectivity index (χ1) is 10.1. The number of thioether (sulfide) groups is 1. The molecule has 0 saturated carbocycles. The van der Waals surface area contributed by atoms with Gasteiger partial charge in [0.1, 0.15) is 0 Å². The second-order valence-electron chi connectivity index (χ2n) is 4.54. The van der Waals surface area contributed by atoms with Gasteiger partial charge in [0.05, 0.1) is 18.7 Å². The monoisotopic (exact) mass is 322 g/mol. The zero-order chi connectivity index (χ0) is 15.4. The van der Waals surface area contributed by atoms with Crippen LogP contribution in [0.25, 0.3) is 0 Å². The Labute approximate surface area is 134 Å². The molecule has 0 fully saturated rings. The molecule has 0 bridgehead atoms. The Kier molecular flexibility index (Phi) is 5.25. The van der Waals surface area contributed by atoms with Crippen LogP contribution in [0.15, 0.2) is 40.4 Å². The van der Waals surface area contributed by atoms with Crippen molar-refractivity contribution in [3.8, 4) is 0 Å². The molecule has 0 saturated heterocycles. The standard InChI is InChI=1S/C15H18N2O2S2/c1-4-11-12(14(18)19-2)13(17-15(20)16-11)9-5-7-10(21-3)8-6-9/h5-8,13H,4H2,1-3H3,(H2,16,17,20)/t13-/m1/s1. The molecule has 1 aromatic rings. The van der Waals surface area contributed by atoms with Gasteiger partial charge in [-0.3, -0.25) is 0 Å². The van der Waals surface area contributed by atoms with Crippen molar-refractivity contribution < 1.29 is 9.53 Å². The third kappa shape index (κ3) is 3.39. The average Bonchev–Trinajstić information content (AvgIpc) is 2.53. The van der Waals surface area contributed by atoms with Crippen molar-refractivity contribution in [3.05, 3.63) is 41.1 Å². The molecule has 0 unspecified atom stereocenters. The van der Waals surface area contributed by atoms with E-state index in [4.69, 9.17) is 17.0 Å². The molecule has 2 rings (SSSR count). The summed E-state index contributed by atoms with van der Waals surface area (Å²) in [6.45, 7) is 1.98. The number of hydrogen-bond acceptors (Lipinski definition) is 4. The summed E-state index contributed by atoms with van der Waals surface area (Å²) in [6.07, 6.45) is 2.72. The van der Waals surface area contributed by atoms with Gasteiger partial charge in [-0.1, -0.05) is 19.1 Å². The van der Waals surface area contributed by atoms with Gasteiger partial charge in [0, 0.05) is 10.6 Å². The lowest BCUT2D eigenvalue weighted by Crippen LogP contribution is -2.45. The van der Waals surface area contributed by atoms with Gasteiger partial charge >= 0.3 is 5.97 Å². The zero-order valence-electron chi connectivity index (χ0n) is 12.2. The van der Waals surface area contributed by atoms with Gasteiger partial charge in [0.25, 0.3) is 0 Å². The van der Waals surface area contributed by atoms with Crippen molar-refractivity contribution in [1.29, 1.82) is 0 Å². The summed E-state index contributed by atoms with van der Waals surface area (Å²) in [5, 5.41) is 6.73. The van der Waals surface area contributed by atoms with Crippen LogP contribution in [0.1, 0.15) is 24.9 Å². The molecular formula is C15H18N2O2S2. The number of ether oxygens (including phenoxy) is 1. The molecule has 0 aromatic heterocycles. The minimum atomic E-state index is -0.340. The second-order valence-corrected chi connectivity index (χ2v) is 5.83. The fourth-order valence-electron chi connectivity index (χ4n) is 2.29. The normalized spacial score (nSPS) is 18.0. The number of esters is 1. The van der Waals surface area contributed by atoms with Gasteiger partial charge in [-0.25, -0.2) is 4.79 Å². The van der Waals surface area contributed by atoms with E-state index in [-0.39, 0.29) is 12.0 Å². The minimum Gasteiger partial charge on any atom is -0.466 e. The summed E-state index contributed by atoms with van der Waals surface area (Å²) in [7, 11) is 1.39. The summed E-state index contributed by atoms with van der Waals surface area (Å²) in [6, 6.07) is 7.80. The smallest absolute Gasteiger partial charge is 0.337 e. The lowest BCUT2D eigenvalue weighted by molar-refractivity contribution is -0.136. The third-order valence-corrected chi connectivity index (χ3v) is 4.33. The number of benzene rings is 1. The number of thiocarbonyl (C=S) groups is 1. The molecule has 2 N–H and O–H groups in total. The summed E-state index contributed by atoms with van der Waals surface area (Å²) < 4.78 is 4.93. The highest BCUT2D eigenvalue weighted by atomic mass is 32.2. The molecule has 6 heteroatoms. The molecule has 21 heavy (non-hydrogen) atoms.